The molecule has 0 unspecified atom stereocenters. The van der Waals surface area contributed by atoms with Crippen molar-refractivity contribution in [3.05, 3.63) is 24.3 Å². The zero-order valence-electron chi connectivity index (χ0n) is 8.37. The molecule has 0 amide bonds. The van der Waals surface area contributed by atoms with Gasteiger partial charge in [-0.1, -0.05) is 12.1 Å². The summed E-state index contributed by atoms with van der Waals surface area (Å²) >= 11 is 11.2. The van der Waals surface area contributed by atoms with Crippen LogP contribution in [0, 0.1) is 0 Å². The monoisotopic (exact) mass is 256 g/mol. The molecule has 2 N–H and O–H groups in total. The highest BCUT2D eigenvalue weighted by Crippen LogP contribution is 2.21. The van der Waals surface area contributed by atoms with E-state index in [-0.39, 0.29) is 12.0 Å². The van der Waals surface area contributed by atoms with Crippen molar-refractivity contribution in [3.8, 4) is 0 Å². The van der Waals surface area contributed by atoms with Crippen LogP contribution < -0.4 is 10.6 Å². The third-order valence-electron chi connectivity index (χ3n) is 2.04. The molecule has 84 valence electrons. The molecule has 0 spiro atoms. The van der Waals surface area contributed by atoms with E-state index in [1.807, 2.05) is 24.3 Å². The summed E-state index contributed by atoms with van der Waals surface area (Å²) in [5.74, 6) is 1.21. The molecule has 0 aliphatic heterocycles. The van der Waals surface area contributed by atoms with E-state index in [1.165, 1.54) is 0 Å². The lowest BCUT2D eigenvalue weighted by atomic mass is 10.3. The maximum absolute atomic E-state index is 5.62. The molecule has 0 aliphatic carbocycles. The number of para-hydroxylation sites is 2. The third kappa shape index (κ3) is 2.28. The van der Waals surface area contributed by atoms with Gasteiger partial charge in [0.25, 0.3) is 0 Å². The van der Waals surface area contributed by atoms with Crippen molar-refractivity contribution < 1.29 is 0 Å². The molecule has 1 heterocycles. The van der Waals surface area contributed by atoms with Gasteiger partial charge in [0.15, 0.2) is 11.6 Å². The van der Waals surface area contributed by atoms with Gasteiger partial charge >= 0.3 is 0 Å². The van der Waals surface area contributed by atoms with Gasteiger partial charge in [-0.05, 0) is 12.1 Å². The van der Waals surface area contributed by atoms with E-state index in [0.717, 1.165) is 11.0 Å². The molecule has 0 saturated carbocycles. The largest absolute Gasteiger partial charge is 0.353 e. The molecule has 6 heteroatoms. The number of hydrogen-bond acceptors (Lipinski definition) is 4. The molecule has 0 bridgehead atoms. The van der Waals surface area contributed by atoms with Crippen molar-refractivity contribution in [1.82, 2.24) is 9.97 Å². The fourth-order valence-corrected chi connectivity index (χ4v) is 1.63. The first kappa shape index (κ1) is 11.2. The molecule has 0 saturated heterocycles. The van der Waals surface area contributed by atoms with Crippen molar-refractivity contribution in [3.63, 3.8) is 0 Å². The number of benzene rings is 1. The molecule has 0 fully saturated rings. The van der Waals surface area contributed by atoms with Gasteiger partial charge in [-0.2, -0.15) is 0 Å². The maximum Gasteiger partial charge on any atom is 0.170 e. The topological polar surface area (TPSA) is 49.8 Å². The van der Waals surface area contributed by atoms with Crippen LogP contribution in [0.15, 0.2) is 24.3 Å². The minimum atomic E-state index is 0.268. The standard InChI is InChI=1S/C10H10Cl2N4/c11-5-13-9-10(14-6-12)16-8-4-2-1-3-7(8)15-9/h1-4H,5-6H2,(H,13,15)(H,14,16). The summed E-state index contributed by atoms with van der Waals surface area (Å²) in [6.07, 6.45) is 0. The highest BCUT2D eigenvalue weighted by molar-refractivity contribution is 6.19. The van der Waals surface area contributed by atoms with Gasteiger partial charge in [-0.25, -0.2) is 9.97 Å². The molecule has 0 radical (unpaired) electrons. The Morgan fingerprint density at radius 3 is 1.69 bits per heavy atom. The molecule has 16 heavy (non-hydrogen) atoms. The summed E-state index contributed by atoms with van der Waals surface area (Å²) in [7, 11) is 0. The smallest absolute Gasteiger partial charge is 0.170 e. The molecule has 2 rings (SSSR count). The van der Waals surface area contributed by atoms with Gasteiger partial charge in [0.2, 0.25) is 0 Å². The lowest BCUT2D eigenvalue weighted by molar-refractivity contribution is 1.22. The van der Waals surface area contributed by atoms with Gasteiger partial charge in [0, 0.05) is 0 Å². The number of alkyl halides is 2. The summed E-state index contributed by atoms with van der Waals surface area (Å²) in [5, 5.41) is 5.85. The van der Waals surface area contributed by atoms with E-state index >= 15 is 0 Å². The van der Waals surface area contributed by atoms with E-state index < -0.39 is 0 Å². The first-order valence-corrected chi connectivity index (χ1v) is 5.78. The van der Waals surface area contributed by atoms with Crippen LogP contribution in [0.1, 0.15) is 0 Å². The predicted octanol–water partition coefficient (Wildman–Crippen LogP) is 2.85. The molecule has 1 aromatic carbocycles. The Balaban J connectivity index is 2.51. The maximum atomic E-state index is 5.62. The van der Waals surface area contributed by atoms with Crippen LogP contribution in [0.5, 0.6) is 0 Å². The first-order chi connectivity index (χ1) is 7.85. The quantitative estimate of drug-likeness (QED) is 0.653. The molecule has 2 aromatic rings. The van der Waals surface area contributed by atoms with Gasteiger partial charge in [-0.15, -0.1) is 23.2 Å². The van der Waals surface area contributed by atoms with Crippen LogP contribution in [-0.4, -0.2) is 22.0 Å². The number of halogens is 2. The van der Waals surface area contributed by atoms with Crippen molar-refractivity contribution in [2.45, 2.75) is 0 Å². The van der Waals surface area contributed by atoms with Crippen molar-refractivity contribution in [1.29, 1.82) is 0 Å². The van der Waals surface area contributed by atoms with Gasteiger partial charge in [-0.3, -0.25) is 0 Å². The minimum absolute atomic E-state index is 0.268. The van der Waals surface area contributed by atoms with Crippen LogP contribution >= 0.6 is 23.2 Å². The zero-order chi connectivity index (χ0) is 11.4. The summed E-state index contributed by atoms with van der Waals surface area (Å²) < 4.78 is 0. The van der Waals surface area contributed by atoms with Crippen LogP contribution in [-0.2, 0) is 0 Å². The van der Waals surface area contributed by atoms with Gasteiger partial charge in [0.05, 0.1) is 23.0 Å². The lowest BCUT2D eigenvalue weighted by Crippen LogP contribution is -2.06. The average Bonchev–Trinajstić information content (AvgIpc) is 2.30. The molecule has 0 aliphatic rings. The molecular weight excluding hydrogens is 247 g/mol. The van der Waals surface area contributed by atoms with E-state index in [1.54, 1.807) is 0 Å². The first-order valence-electron chi connectivity index (χ1n) is 4.71. The molecule has 4 nitrogen and oxygen atoms in total. The molecular formula is C10H10Cl2N4. The van der Waals surface area contributed by atoms with E-state index in [2.05, 4.69) is 20.6 Å². The van der Waals surface area contributed by atoms with Crippen LogP contribution in [0.2, 0.25) is 0 Å². The van der Waals surface area contributed by atoms with Crippen LogP contribution in [0.25, 0.3) is 11.0 Å². The highest BCUT2D eigenvalue weighted by atomic mass is 35.5. The number of anilines is 2. The Labute approximate surface area is 103 Å². The zero-order valence-corrected chi connectivity index (χ0v) is 9.89. The number of aromatic nitrogens is 2. The lowest BCUT2D eigenvalue weighted by Gasteiger charge is -2.09. The van der Waals surface area contributed by atoms with Crippen molar-refractivity contribution >= 4 is 45.9 Å². The number of hydrogen-bond donors (Lipinski definition) is 2. The Hall–Kier alpha value is -1.26. The summed E-state index contributed by atoms with van der Waals surface area (Å²) in [6, 6.07) is 8.15. The second-order valence-corrected chi connectivity index (χ2v) is 3.56. The second-order valence-electron chi connectivity index (χ2n) is 3.03. The summed E-state index contributed by atoms with van der Waals surface area (Å²) in [4.78, 5) is 8.81. The predicted molar refractivity (Wildman–Crippen MR) is 68.2 cm³/mol. The second kappa shape index (κ2) is 5.18. The Bertz CT molecular complexity index is 445. The summed E-state index contributed by atoms with van der Waals surface area (Å²) in [5.41, 5.74) is 1.63. The molecule has 0 atom stereocenters. The summed E-state index contributed by atoms with van der Waals surface area (Å²) in [6.45, 7) is 0. The van der Waals surface area contributed by atoms with Gasteiger partial charge < -0.3 is 10.6 Å². The van der Waals surface area contributed by atoms with Crippen molar-refractivity contribution in [2.24, 2.45) is 0 Å². The highest BCUT2D eigenvalue weighted by Gasteiger charge is 2.06. The fraction of sp³-hybridized carbons (Fsp3) is 0.200. The Morgan fingerprint density at radius 2 is 1.31 bits per heavy atom. The SMILES string of the molecule is ClCNc1nc2ccccc2nc1NCCl. The average molecular weight is 257 g/mol. The van der Waals surface area contributed by atoms with Gasteiger partial charge in [0.1, 0.15) is 0 Å². The van der Waals surface area contributed by atoms with Crippen LogP contribution in [0.4, 0.5) is 11.6 Å². The number of fused-ring (bicyclic) bond motifs is 1. The van der Waals surface area contributed by atoms with E-state index in [4.69, 9.17) is 23.2 Å². The number of nitrogens with zero attached hydrogens (tertiary/aromatic N) is 2. The Kier molecular flexibility index (Phi) is 3.64. The van der Waals surface area contributed by atoms with E-state index in [9.17, 15) is 0 Å². The van der Waals surface area contributed by atoms with E-state index in [0.29, 0.717) is 11.6 Å². The third-order valence-corrected chi connectivity index (χ3v) is 2.31. The molecule has 1 aromatic heterocycles. The van der Waals surface area contributed by atoms with Crippen molar-refractivity contribution in [2.75, 3.05) is 22.6 Å². The number of rotatable bonds is 4. The normalized spacial score (nSPS) is 10.4. The Morgan fingerprint density at radius 1 is 0.875 bits per heavy atom. The minimum Gasteiger partial charge on any atom is -0.353 e. The van der Waals surface area contributed by atoms with Crippen LogP contribution in [0.3, 0.4) is 0 Å². The number of nitrogens with one attached hydrogen (secondary N) is 2. The fourth-order valence-electron chi connectivity index (χ4n) is 1.37.